The zero-order chi connectivity index (χ0) is 29.4. The van der Waals surface area contributed by atoms with E-state index in [1.165, 1.54) is 47.1 Å². The molecule has 0 aliphatic heterocycles. The first-order valence-electron chi connectivity index (χ1n) is 12.4. The number of rotatable bonds is 7. The van der Waals surface area contributed by atoms with E-state index >= 15 is 0 Å². The van der Waals surface area contributed by atoms with E-state index in [0.29, 0.717) is 16.8 Å². The quantitative estimate of drug-likeness (QED) is 0.302. The van der Waals surface area contributed by atoms with Gasteiger partial charge in [-0.3, -0.25) is 9.59 Å². The summed E-state index contributed by atoms with van der Waals surface area (Å²) in [6.07, 6.45) is 1.45. The van der Waals surface area contributed by atoms with Crippen molar-refractivity contribution in [1.29, 1.82) is 0 Å². The second-order valence-electron chi connectivity index (χ2n) is 8.43. The van der Waals surface area contributed by atoms with Crippen LogP contribution in [-0.4, -0.2) is 46.6 Å². The number of nitrogens with two attached hydrogens (primary N) is 1. The topological polar surface area (TPSA) is 122 Å². The number of carbonyl (C=O) groups excluding carboxylic acids is 3. The van der Waals surface area contributed by atoms with Gasteiger partial charge in [0.1, 0.15) is 11.6 Å². The summed E-state index contributed by atoms with van der Waals surface area (Å²) in [6.45, 7) is 4.20. The number of nitrogens with zero attached hydrogens (tertiary/aromatic N) is 3. The number of urea groups is 1. The Kier molecular flexibility index (Phi) is 9.69. The highest BCUT2D eigenvalue weighted by molar-refractivity contribution is 6.01. The molecular weight excluding hydrogens is 518 g/mol. The molecular formula is C29H30F2N6O3. The minimum Gasteiger partial charge on any atom is -0.354 e. The van der Waals surface area contributed by atoms with Gasteiger partial charge in [-0.1, -0.05) is 44.2 Å². The Labute approximate surface area is 230 Å². The minimum atomic E-state index is -0.837. The van der Waals surface area contributed by atoms with Gasteiger partial charge >= 0.3 is 6.03 Å². The molecule has 40 heavy (non-hydrogen) atoms. The normalized spacial score (nSPS) is 10.2. The van der Waals surface area contributed by atoms with Crippen molar-refractivity contribution in [2.75, 3.05) is 19.4 Å². The number of primary amides is 1. The fourth-order valence-electron chi connectivity index (χ4n) is 3.83. The number of carbonyl (C=O) groups is 3. The van der Waals surface area contributed by atoms with E-state index in [4.69, 9.17) is 5.73 Å². The second kappa shape index (κ2) is 13.1. The Balaban J connectivity index is 0.00000216. The van der Waals surface area contributed by atoms with Crippen LogP contribution < -0.4 is 16.4 Å². The molecule has 0 bridgehead atoms. The number of hydrogen-bond acceptors (Lipinski definition) is 4. The van der Waals surface area contributed by atoms with Crippen LogP contribution in [0, 0.1) is 11.6 Å². The zero-order valence-electron chi connectivity index (χ0n) is 22.5. The maximum atomic E-state index is 14.9. The molecule has 4 amide bonds. The predicted molar refractivity (Wildman–Crippen MR) is 149 cm³/mol. The van der Waals surface area contributed by atoms with Crippen molar-refractivity contribution in [1.82, 2.24) is 20.0 Å². The first-order chi connectivity index (χ1) is 19.2. The molecule has 1 aromatic heterocycles. The first kappa shape index (κ1) is 29.5. The predicted octanol–water partition coefficient (Wildman–Crippen LogP) is 4.97. The molecule has 0 aliphatic carbocycles. The van der Waals surface area contributed by atoms with E-state index < -0.39 is 23.7 Å². The third-order valence-electron chi connectivity index (χ3n) is 5.76. The lowest BCUT2D eigenvalue weighted by Gasteiger charge is -2.18. The summed E-state index contributed by atoms with van der Waals surface area (Å²) in [7, 11) is 2.98. The summed E-state index contributed by atoms with van der Waals surface area (Å²) in [5.41, 5.74) is 7.76. The fraction of sp³-hybridized carbons (Fsp3) is 0.172. The summed E-state index contributed by atoms with van der Waals surface area (Å²) in [6, 6.07) is 16.1. The van der Waals surface area contributed by atoms with Crippen LogP contribution in [0.5, 0.6) is 0 Å². The molecule has 0 aliphatic rings. The van der Waals surface area contributed by atoms with Crippen LogP contribution in [0.1, 0.15) is 40.3 Å². The van der Waals surface area contributed by atoms with Gasteiger partial charge in [-0.25, -0.2) is 18.3 Å². The van der Waals surface area contributed by atoms with Gasteiger partial charge in [0.15, 0.2) is 5.69 Å². The van der Waals surface area contributed by atoms with Gasteiger partial charge in [0, 0.05) is 20.6 Å². The van der Waals surface area contributed by atoms with Crippen molar-refractivity contribution in [3.63, 3.8) is 0 Å². The van der Waals surface area contributed by atoms with Crippen LogP contribution in [0.4, 0.5) is 19.3 Å². The average Bonchev–Trinajstić information content (AvgIpc) is 3.37. The minimum absolute atomic E-state index is 0.0119. The number of benzene rings is 3. The zero-order valence-corrected chi connectivity index (χ0v) is 22.5. The van der Waals surface area contributed by atoms with Crippen LogP contribution in [0.15, 0.2) is 72.9 Å². The van der Waals surface area contributed by atoms with Crippen LogP contribution in [-0.2, 0) is 6.54 Å². The van der Waals surface area contributed by atoms with Crippen molar-refractivity contribution in [3.8, 4) is 16.8 Å². The van der Waals surface area contributed by atoms with Gasteiger partial charge < -0.3 is 21.3 Å². The Morgan fingerprint density at radius 1 is 0.950 bits per heavy atom. The number of nitrogens with one attached hydrogen (secondary N) is 2. The molecule has 0 atom stereocenters. The van der Waals surface area contributed by atoms with E-state index in [2.05, 4.69) is 15.7 Å². The van der Waals surface area contributed by atoms with Gasteiger partial charge in [0.05, 0.1) is 23.1 Å². The number of anilines is 1. The number of halogens is 2. The van der Waals surface area contributed by atoms with E-state index in [0.717, 1.165) is 5.56 Å². The summed E-state index contributed by atoms with van der Waals surface area (Å²) in [4.78, 5) is 37.5. The van der Waals surface area contributed by atoms with E-state index in [1.54, 1.807) is 49.5 Å². The third-order valence-corrected chi connectivity index (χ3v) is 5.76. The van der Waals surface area contributed by atoms with Crippen molar-refractivity contribution in [2.24, 2.45) is 5.73 Å². The summed E-state index contributed by atoms with van der Waals surface area (Å²) < 4.78 is 29.5. The van der Waals surface area contributed by atoms with Crippen LogP contribution >= 0.6 is 0 Å². The molecule has 4 aromatic rings. The molecule has 3 aromatic carbocycles. The molecule has 208 valence electrons. The first-order valence-corrected chi connectivity index (χ1v) is 12.4. The van der Waals surface area contributed by atoms with E-state index in [1.807, 2.05) is 13.8 Å². The molecule has 0 spiro atoms. The molecule has 11 heteroatoms. The van der Waals surface area contributed by atoms with Gasteiger partial charge in [-0.2, -0.15) is 5.10 Å². The molecule has 4 rings (SSSR count). The van der Waals surface area contributed by atoms with Crippen molar-refractivity contribution in [2.45, 2.75) is 20.4 Å². The van der Waals surface area contributed by atoms with Gasteiger partial charge in [-0.05, 0) is 53.1 Å². The van der Waals surface area contributed by atoms with Crippen LogP contribution in [0.2, 0.25) is 0 Å². The molecule has 1 heterocycles. The Morgan fingerprint density at radius 2 is 1.57 bits per heavy atom. The monoisotopic (exact) mass is 548 g/mol. The largest absolute Gasteiger partial charge is 0.354 e. The molecule has 4 N–H and O–H groups in total. The van der Waals surface area contributed by atoms with Gasteiger partial charge in [0.25, 0.3) is 11.8 Å². The summed E-state index contributed by atoms with van der Waals surface area (Å²) in [5.74, 6) is -2.05. The number of hydrogen-bond donors (Lipinski definition) is 3. The maximum absolute atomic E-state index is 14.9. The van der Waals surface area contributed by atoms with Crippen molar-refractivity contribution < 1.29 is 23.2 Å². The average molecular weight is 549 g/mol. The summed E-state index contributed by atoms with van der Waals surface area (Å²) >= 11 is 0. The van der Waals surface area contributed by atoms with Gasteiger partial charge in [-0.15, -0.1) is 0 Å². The standard InChI is InChI=1S/C27H24F2N6O3.C2H6/c1-31-25(36)24-23(32-27(30)38)15-35(33-24)20-10-5-17(6-11-20)18-7-12-21(22(29)13-18)26(37)34(2)14-16-3-8-19(28)9-4-16;1-2/h3-13,15H,14H2,1-2H3,(H,31,36)(H3,30,32,38);1-2H3. The SMILES string of the molecule is CC.CNC(=O)c1nn(-c2ccc(-c3ccc(C(=O)N(C)Cc4ccc(F)cc4)c(F)c3)cc2)cc1NC(N)=O. The lowest BCUT2D eigenvalue weighted by Crippen LogP contribution is -2.27. The van der Waals surface area contributed by atoms with Crippen molar-refractivity contribution in [3.05, 3.63) is 101 Å². The molecule has 9 nitrogen and oxygen atoms in total. The number of amides is 4. The van der Waals surface area contributed by atoms with Crippen LogP contribution in [0.3, 0.4) is 0 Å². The lowest BCUT2D eigenvalue weighted by molar-refractivity contribution is 0.0780. The fourth-order valence-corrected chi connectivity index (χ4v) is 3.83. The number of aromatic nitrogens is 2. The molecule has 0 fully saturated rings. The molecule has 0 saturated heterocycles. The van der Waals surface area contributed by atoms with Gasteiger partial charge in [0.2, 0.25) is 0 Å². The highest BCUT2D eigenvalue weighted by Gasteiger charge is 2.19. The van der Waals surface area contributed by atoms with E-state index in [9.17, 15) is 23.2 Å². The Hall–Kier alpha value is -5.06. The lowest BCUT2D eigenvalue weighted by atomic mass is 10.0. The van der Waals surface area contributed by atoms with Crippen molar-refractivity contribution >= 4 is 23.5 Å². The second-order valence-corrected chi connectivity index (χ2v) is 8.43. The highest BCUT2D eigenvalue weighted by atomic mass is 19.1. The van der Waals surface area contributed by atoms with E-state index in [-0.39, 0.29) is 29.3 Å². The third kappa shape index (κ3) is 6.87. The Morgan fingerprint density at radius 3 is 2.15 bits per heavy atom. The smallest absolute Gasteiger partial charge is 0.316 e. The highest BCUT2D eigenvalue weighted by Crippen LogP contribution is 2.25. The molecule has 0 saturated carbocycles. The maximum Gasteiger partial charge on any atom is 0.316 e. The molecule has 0 unspecified atom stereocenters. The van der Waals surface area contributed by atoms with Crippen LogP contribution in [0.25, 0.3) is 16.8 Å². The summed E-state index contributed by atoms with van der Waals surface area (Å²) in [5, 5.41) is 9.03. The Bertz CT molecular complexity index is 1500. The molecule has 0 radical (unpaired) electrons.